The van der Waals surface area contributed by atoms with Gasteiger partial charge in [0, 0.05) is 16.8 Å². The molecule has 0 aliphatic heterocycles. The van der Waals surface area contributed by atoms with Crippen LogP contribution < -0.4 is 11.1 Å². The summed E-state index contributed by atoms with van der Waals surface area (Å²) in [6, 6.07) is 9.15. The third-order valence-corrected chi connectivity index (χ3v) is 4.74. The number of nitrogens with two attached hydrogens (primary N) is 1. The lowest BCUT2D eigenvalue weighted by Gasteiger charge is -2.23. The average Bonchev–Trinajstić information content (AvgIpc) is 2.94. The number of halogens is 1. The first-order valence-corrected chi connectivity index (χ1v) is 7.54. The van der Waals surface area contributed by atoms with Crippen LogP contribution in [0.15, 0.2) is 35.7 Å². The largest absolute Gasteiger partial charge is 0.397 e. The van der Waals surface area contributed by atoms with Crippen LogP contribution in [0.1, 0.15) is 29.1 Å². The summed E-state index contributed by atoms with van der Waals surface area (Å²) >= 11 is 7.61. The molecule has 0 spiro atoms. The number of nitrogens with one attached hydrogen (secondary N) is 1. The maximum absolute atomic E-state index is 12.2. The summed E-state index contributed by atoms with van der Waals surface area (Å²) in [4.78, 5) is 13.4. The van der Waals surface area contributed by atoms with Crippen LogP contribution in [0, 0.1) is 0 Å². The first-order chi connectivity index (χ1) is 9.42. The first kappa shape index (κ1) is 14.9. The number of hydrogen-bond donors (Lipinski definition) is 2. The van der Waals surface area contributed by atoms with Crippen molar-refractivity contribution in [2.45, 2.75) is 19.3 Å². The molecule has 106 valence electrons. The van der Waals surface area contributed by atoms with Crippen molar-refractivity contribution in [3.05, 3.63) is 51.2 Å². The Morgan fingerprint density at radius 2 is 2.10 bits per heavy atom. The van der Waals surface area contributed by atoms with Gasteiger partial charge in [-0.25, -0.2) is 0 Å². The molecule has 0 saturated heterocycles. The molecule has 2 aromatic rings. The molecule has 1 amide bonds. The molecule has 1 aromatic heterocycles. The minimum atomic E-state index is -0.199. The fraction of sp³-hybridized carbons (Fsp3) is 0.267. The Kier molecular flexibility index (Phi) is 4.35. The van der Waals surface area contributed by atoms with Crippen LogP contribution in [0.3, 0.4) is 0 Å². The van der Waals surface area contributed by atoms with E-state index in [-0.39, 0.29) is 11.3 Å². The van der Waals surface area contributed by atoms with Gasteiger partial charge in [0.25, 0.3) is 5.91 Å². The van der Waals surface area contributed by atoms with Gasteiger partial charge in [0.05, 0.1) is 16.3 Å². The van der Waals surface area contributed by atoms with E-state index in [1.165, 1.54) is 4.88 Å². The van der Waals surface area contributed by atoms with E-state index in [9.17, 15) is 4.79 Å². The summed E-state index contributed by atoms with van der Waals surface area (Å²) in [6.07, 6.45) is 0. The predicted molar refractivity (Wildman–Crippen MR) is 85.5 cm³/mol. The van der Waals surface area contributed by atoms with Gasteiger partial charge in [-0.05, 0) is 23.6 Å². The van der Waals surface area contributed by atoms with Gasteiger partial charge < -0.3 is 11.1 Å². The molecule has 3 N–H and O–H groups in total. The van der Waals surface area contributed by atoms with E-state index in [2.05, 4.69) is 25.2 Å². The second-order valence-corrected chi connectivity index (χ2v) is 6.60. The number of benzene rings is 1. The van der Waals surface area contributed by atoms with Crippen molar-refractivity contribution in [1.82, 2.24) is 5.32 Å². The lowest BCUT2D eigenvalue weighted by Crippen LogP contribution is -2.36. The fourth-order valence-corrected chi connectivity index (χ4v) is 2.91. The number of amides is 1. The first-order valence-electron chi connectivity index (χ1n) is 6.28. The molecule has 0 fully saturated rings. The number of para-hydroxylation sites is 1. The van der Waals surface area contributed by atoms with Crippen molar-refractivity contribution < 1.29 is 4.79 Å². The molecular formula is C15H17ClN2OS. The smallest absolute Gasteiger partial charge is 0.253 e. The van der Waals surface area contributed by atoms with E-state index in [0.717, 1.165) is 0 Å². The van der Waals surface area contributed by atoms with Gasteiger partial charge >= 0.3 is 0 Å². The Labute approximate surface area is 127 Å². The average molecular weight is 309 g/mol. The third-order valence-electron chi connectivity index (χ3n) is 3.18. The molecule has 0 atom stereocenters. The van der Waals surface area contributed by atoms with Gasteiger partial charge in [0.15, 0.2) is 0 Å². The Hall–Kier alpha value is -1.52. The lowest BCUT2D eigenvalue weighted by atomic mass is 9.91. The fourth-order valence-electron chi connectivity index (χ4n) is 1.88. The third kappa shape index (κ3) is 3.14. The SMILES string of the molecule is CC(C)(CNC(=O)c1cccc(Cl)c1N)c1cccs1. The number of thiophene rings is 1. The molecule has 5 heteroatoms. The predicted octanol–water partition coefficient (Wildman–Crippen LogP) is 3.69. The van der Waals surface area contributed by atoms with E-state index in [1.54, 1.807) is 29.5 Å². The van der Waals surface area contributed by atoms with Crippen molar-refractivity contribution in [3.8, 4) is 0 Å². The zero-order chi connectivity index (χ0) is 14.8. The molecule has 20 heavy (non-hydrogen) atoms. The molecule has 1 heterocycles. The van der Waals surface area contributed by atoms with Crippen molar-refractivity contribution in [2.24, 2.45) is 0 Å². The Morgan fingerprint density at radius 1 is 1.35 bits per heavy atom. The number of carbonyl (C=O) groups excluding carboxylic acids is 1. The Balaban J connectivity index is 2.08. The number of anilines is 1. The molecular weight excluding hydrogens is 292 g/mol. The second kappa shape index (κ2) is 5.85. The summed E-state index contributed by atoms with van der Waals surface area (Å²) < 4.78 is 0. The second-order valence-electron chi connectivity index (χ2n) is 5.24. The summed E-state index contributed by atoms with van der Waals surface area (Å²) in [7, 11) is 0. The zero-order valence-corrected chi connectivity index (χ0v) is 13.0. The van der Waals surface area contributed by atoms with Crippen LogP contribution in [0.2, 0.25) is 5.02 Å². The number of nitrogen functional groups attached to an aromatic ring is 1. The van der Waals surface area contributed by atoms with Crippen LogP contribution in [0.5, 0.6) is 0 Å². The summed E-state index contributed by atoms with van der Waals surface area (Å²) in [6.45, 7) is 4.74. The van der Waals surface area contributed by atoms with E-state index >= 15 is 0 Å². The van der Waals surface area contributed by atoms with Crippen LogP contribution in [-0.2, 0) is 5.41 Å². The van der Waals surface area contributed by atoms with Crippen molar-refractivity contribution >= 4 is 34.5 Å². The molecule has 0 aliphatic carbocycles. The lowest BCUT2D eigenvalue weighted by molar-refractivity contribution is 0.0947. The minimum absolute atomic E-state index is 0.114. The highest BCUT2D eigenvalue weighted by Gasteiger charge is 2.23. The van der Waals surface area contributed by atoms with Crippen molar-refractivity contribution in [1.29, 1.82) is 0 Å². The molecule has 0 unspecified atom stereocenters. The maximum atomic E-state index is 12.2. The summed E-state index contributed by atoms with van der Waals surface area (Å²) in [5.41, 5.74) is 6.45. The van der Waals surface area contributed by atoms with Crippen molar-refractivity contribution in [3.63, 3.8) is 0 Å². The van der Waals surface area contributed by atoms with E-state index in [0.29, 0.717) is 22.8 Å². The molecule has 0 radical (unpaired) electrons. The normalized spacial score (nSPS) is 11.3. The molecule has 2 rings (SSSR count). The highest BCUT2D eigenvalue weighted by atomic mass is 35.5. The highest BCUT2D eigenvalue weighted by Crippen LogP contribution is 2.27. The van der Waals surface area contributed by atoms with Gasteiger partial charge in [-0.1, -0.05) is 37.6 Å². The minimum Gasteiger partial charge on any atom is -0.397 e. The Bertz CT molecular complexity index is 608. The summed E-state index contributed by atoms with van der Waals surface area (Å²) in [5.74, 6) is -0.199. The van der Waals surface area contributed by atoms with E-state index in [1.807, 2.05) is 11.4 Å². The monoisotopic (exact) mass is 308 g/mol. The highest BCUT2D eigenvalue weighted by molar-refractivity contribution is 7.10. The van der Waals surface area contributed by atoms with Crippen LogP contribution in [0.25, 0.3) is 0 Å². The van der Waals surface area contributed by atoms with Crippen LogP contribution in [0.4, 0.5) is 5.69 Å². The molecule has 3 nitrogen and oxygen atoms in total. The van der Waals surface area contributed by atoms with Crippen LogP contribution in [-0.4, -0.2) is 12.5 Å². The van der Waals surface area contributed by atoms with Crippen molar-refractivity contribution in [2.75, 3.05) is 12.3 Å². The van der Waals surface area contributed by atoms with Crippen LogP contribution >= 0.6 is 22.9 Å². The Morgan fingerprint density at radius 3 is 2.75 bits per heavy atom. The number of hydrogen-bond acceptors (Lipinski definition) is 3. The topological polar surface area (TPSA) is 55.1 Å². The van der Waals surface area contributed by atoms with Gasteiger partial charge in [0.2, 0.25) is 0 Å². The van der Waals surface area contributed by atoms with E-state index in [4.69, 9.17) is 17.3 Å². The molecule has 0 saturated carbocycles. The molecule has 1 aromatic carbocycles. The molecule has 0 aliphatic rings. The number of rotatable bonds is 4. The van der Waals surface area contributed by atoms with Gasteiger partial charge in [0.1, 0.15) is 0 Å². The van der Waals surface area contributed by atoms with Gasteiger partial charge in [-0.15, -0.1) is 11.3 Å². The molecule has 0 bridgehead atoms. The zero-order valence-electron chi connectivity index (χ0n) is 11.4. The quantitative estimate of drug-likeness (QED) is 0.846. The van der Waals surface area contributed by atoms with E-state index < -0.39 is 0 Å². The van der Waals surface area contributed by atoms with Gasteiger partial charge in [-0.2, -0.15) is 0 Å². The van der Waals surface area contributed by atoms with Gasteiger partial charge in [-0.3, -0.25) is 4.79 Å². The maximum Gasteiger partial charge on any atom is 0.253 e. The number of carbonyl (C=O) groups is 1. The standard InChI is InChI=1S/C15H17ClN2OS/c1-15(2,12-7-4-8-20-12)9-18-14(19)10-5-3-6-11(16)13(10)17/h3-8H,9,17H2,1-2H3,(H,18,19). The summed E-state index contributed by atoms with van der Waals surface area (Å²) in [5, 5.41) is 5.36.